The zero-order valence-electron chi connectivity index (χ0n) is 14.5. The quantitative estimate of drug-likeness (QED) is 0.807. The van der Waals surface area contributed by atoms with E-state index in [9.17, 15) is 4.79 Å². The van der Waals surface area contributed by atoms with Gasteiger partial charge in [0.2, 0.25) is 0 Å². The Balaban J connectivity index is 1.87. The number of likely N-dealkylation sites (tertiary alicyclic amines) is 1. The van der Waals surface area contributed by atoms with E-state index in [-0.39, 0.29) is 18.0 Å². The molecule has 1 aliphatic heterocycles. The molecule has 1 amide bonds. The van der Waals surface area contributed by atoms with Gasteiger partial charge in [0.1, 0.15) is 0 Å². The van der Waals surface area contributed by atoms with E-state index in [2.05, 4.69) is 20.2 Å². The Morgan fingerprint density at radius 1 is 1.21 bits per heavy atom. The maximum Gasteiger partial charge on any atom is 0.257 e. The average Bonchev–Trinajstić information content (AvgIpc) is 3.23. The summed E-state index contributed by atoms with van der Waals surface area (Å²) in [5, 5.41) is 8.02. The van der Waals surface area contributed by atoms with Gasteiger partial charge in [-0.15, -0.1) is 5.10 Å². The number of aromatic nitrogens is 4. The van der Waals surface area contributed by atoms with Crippen LogP contribution in [-0.4, -0.2) is 83.0 Å². The Hall–Kier alpha value is -2.48. The smallest absolute Gasteiger partial charge is 0.257 e. The summed E-state index contributed by atoms with van der Waals surface area (Å²) in [5.74, 6) is 0.00117. The molecule has 0 N–H and O–H groups in total. The van der Waals surface area contributed by atoms with Crippen LogP contribution < -0.4 is 4.90 Å². The molecule has 8 heteroatoms. The molecular formula is C16H23N7O. The first-order chi connectivity index (χ1) is 11.5. The molecule has 1 fully saturated rings. The van der Waals surface area contributed by atoms with Gasteiger partial charge in [-0.25, -0.2) is 4.68 Å². The van der Waals surface area contributed by atoms with E-state index in [4.69, 9.17) is 0 Å². The van der Waals surface area contributed by atoms with Gasteiger partial charge in [0.25, 0.3) is 5.91 Å². The molecule has 2 aromatic heterocycles. The molecule has 0 aliphatic carbocycles. The summed E-state index contributed by atoms with van der Waals surface area (Å²) in [6.07, 6.45) is 6.87. The molecule has 0 aromatic carbocycles. The van der Waals surface area contributed by atoms with Gasteiger partial charge in [-0.1, -0.05) is 5.21 Å². The molecule has 2 atom stereocenters. The van der Waals surface area contributed by atoms with Crippen LogP contribution in [0.15, 0.2) is 30.9 Å². The van der Waals surface area contributed by atoms with Gasteiger partial charge >= 0.3 is 0 Å². The van der Waals surface area contributed by atoms with E-state index in [0.717, 1.165) is 5.69 Å². The molecule has 128 valence electrons. The average molecular weight is 329 g/mol. The van der Waals surface area contributed by atoms with Crippen LogP contribution in [0, 0.1) is 0 Å². The summed E-state index contributed by atoms with van der Waals surface area (Å²) in [5.41, 5.74) is 1.50. The molecule has 0 unspecified atom stereocenters. The lowest BCUT2D eigenvalue weighted by atomic mass is 10.1. The molecule has 2 aromatic rings. The molecule has 1 aliphatic rings. The van der Waals surface area contributed by atoms with Crippen molar-refractivity contribution in [3.8, 4) is 0 Å². The van der Waals surface area contributed by atoms with Gasteiger partial charge in [0.15, 0.2) is 0 Å². The van der Waals surface area contributed by atoms with Crippen molar-refractivity contribution in [1.82, 2.24) is 29.8 Å². The van der Waals surface area contributed by atoms with Crippen molar-refractivity contribution in [1.29, 1.82) is 0 Å². The molecule has 3 heterocycles. The summed E-state index contributed by atoms with van der Waals surface area (Å²) >= 11 is 0. The summed E-state index contributed by atoms with van der Waals surface area (Å²) in [6.45, 7) is 1.25. The Labute approximate surface area is 141 Å². The molecule has 24 heavy (non-hydrogen) atoms. The molecule has 8 nitrogen and oxygen atoms in total. The lowest BCUT2D eigenvalue weighted by Crippen LogP contribution is -2.37. The fourth-order valence-corrected chi connectivity index (χ4v) is 3.21. The van der Waals surface area contributed by atoms with Crippen molar-refractivity contribution in [3.05, 3.63) is 36.4 Å². The predicted molar refractivity (Wildman–Crippen MR) is 91.0 cm³/mol. The number of anilines is 1. The van der Waals surface area contributed by atoms with Gasteiger partial charge in [-0.2, -0.15) is 0 Å². The van der Waals surface area contributed by atoms with Crippen LogP contribution in [0.4, 0.5) is 5.69 Å². The summed E-state index contributed by atoms with van der Waals surface area (Å²) in [6, 6.07) is 2.14. The number of hydrogen-bond acceptors (Lipinski definition) is 6. The largest absolute Gasteiger partial charge is 0.377 e. The van der Waals surface area contributed by atoms with Crippen molar-refractivity contribution in [2.24, 2.45) is 0 Å². The summed E-state index contributed by atoms with van der Waals surface area (Å²) < 4.78 is 1.84. The zero-order chi connectivity index (χ0) is 17.3. The van der Waals surface area contributed by atoms with E-state index in [1.165, 1.54) is 0 Å². The summed E-state index contributed by atoms with van der Waals surface area (Å²) in [4.78, 5) is 23.1. The minimum atomic E-state index is 0.00117. The number of pyridine rings is 1. The van der Waals surface area contributed by atoms with Gasteiger partial charge in [0.05, 0.1) is 29.5 Å². The molecule has 1 saturated heterocycles. The molecule has 3 rings (SSSR count). The van der Waals surface area contributed by atoms with E-state index >= 15 is 0 Å². The Morgan fingerprint density at radius 3 is 2.62 bits per heavy atom. The number of amides is 1. The van der Waals surface area contributed by atoms with Crippen LogP contribution in [0.2, 0.25) is 0 Å². The number of carbonyl (C=O) groups is 1. The Kier molecular flexibility index (Phi) is 4.48. The fourth-order valence-electron chi connectivity index (χ4n) is 3.21. The van der Waals surface area contributed by atoms with Crippen molar-refractivity contribution in [3.63, 3.8) is 0 Å². The number of nitrogens with zero attached hydrogens (tertiary/aromatic N) is 7. The number of carbonyl (C=O) groups excluding carboxylic acids is 1. The predicted octanol–water partition coefficient (Wildman–Crippen LogP) is 0.366. The second kappa shape index (κ2) is 6.56. The van der Waals surface area contributed by atoms with Crippen LogP contribution in [0.3, 0.4) is 0 Å². The maximum atomic E-state index is 13.1. The minimum Gasteiger partial charge on any atom is -0.377 e. The normalized spacial score (nSPS) is 20.6. The summed E-state index contributed by atoms with van der Waals surface area (Å²) in [7, 11) is 7.91. The van der Waals surface area contributed by atoms with Crippen molar-refractivity contribution >= 4 is 11.6 Å². The molecule has 0 bridgehead atoms. The van der Waals surface area contributed by atoms with Gasteiger partial charge in [-0.05, 0) is 20.2 Å². The lowest BCUT2D eigenvalue weighted by molar-refractivity contribution is 0.0781. The third kappa shape index (κ3) is 2.96. The van der Waals surface area contributed by atoms with Crippen LogP contribution in [0.1, 0.15) is 16.4 Å². The standard InChI is InChI=1S/C16H23N7O/c1-20(2)13-5-6-17-9-12(13)16(24)22-10-14(21(3)4)15(11-22)23-8-7-18-19-23/h5-9,14-15H,10-11H2,1-4H3/t14-,15+/m1/s1. The highest BCUT2D eigenvalue weighted by Crippen LogP contribution is 2.27. The van der Waals surface area contributed by atoms with E-state index < -0.39 is 0 Å². The second-order valence-corrected chi connectivity index (χ2v) is 6.48. The number of rotatable bonds is 4. The van der Waals surface area contributed by atoms with Crippen LogP contribution >= 0.6 is 0 Å². The molecule has 0 radical (unpaired) electrons. The fraction of sp³-hybridized carbons (Fsp3) is 0.500. The first kappa shape index (κ1) is 16.4. The van der Waals surface area contributed by atoms with Crippen LogP contribution in [0.5, 0.6) is 0 Å². The molecule has 0 saturated carbocycles. The molecule has 0 spiro atoms. The number of hydrogen-bond donors (Lipinski definition) is 0. The first-order valence-electron chi connectivity index (χ1n) is 7.92. The SMILES string of the molecule is CN(C)c1ccncc1C(=O)N1C[C@@H](N(C)C)[C@@H](n2ccnn2)C1. The Morgan fingerprint density at radius 2 is 2.00 bits per heavy atom. The van der Waals surface area contributed by atoms with Gasteiger partial charge < -0.3 is 14.7 Å². The van der Waals surface area contributed by atoms with Crippen molar-refractivity contribution in [2.75, 3.05) is 46.2 Å². The lowest BCUT2D eigenvalue weighted by Gasteiger charge is -2.24. The highest BCUT2D eigenvalue weighted by molar-refractivity contribution is 5.99. The van der Waals surface area contributed by atoms with E-state index in [1.54, 1.807) is 18.6 Å². The van der Waals surface area contributed by atoms with E-state index in [1.807, 2.05) is 54.9 Å². The highest BCUT2D eigenvalue weighted by atomic mass is 16.2. The highest BCUT2D eigenvalue weighted by Gasteiger charge is 2.39. The molecular weight excluding hydrogens is 306 g/mol. The number of likely N-dealkylation sites (N-methyl/N-ethyl adjacent to an activating group) is 1. The van der Waals surface area contributed by atoms with Crippen LogP contribution in [-0.2, 0) is 0 Å². The Bertz CT molecular complexity index is 698. The monoisotopic (exact) mass is 329 g/mol. The van der Waals surface area contributed by atoms with Crippen molar-refractivity contribution in [2.45, 2.75) is 12.1 Å². The van der Waals surface area contributed by atoms with Gasteiger partial charge in [-0.3, -0.25) is 9.78 Å². The van der Waals surface area contributed by atoms with Crippen LogP contribution in [0.25, 0.3) is 0 Å². The third-order valence-corrected chi connectivity index (χ3v) is 4.50. The topological polar surface area (TPSA) is 70.4 Å². The van der Waals surface area contributed by atoms with Crippen molar-refractivity contribution < 1.29 is 4.79 Å². The maximum absolute atomic E-state index is 13.1. The third-order valence-electron chi connectivity index (χ3n) is 4.50. The second-order valence-electron chi connectivity index (χ2n) is 6.48. The van der Waals surface area contributed by atoms with Gasteiger partial charge in [0, 0.05) is 45.8 Å². The zero-order valence-corrected chi connectivity index (χ0v) is 14.5. The minimum absolute atomic E-state index is 0.00117. The van der Waals surface area contributed by atoms with E-state index in [0.29, 0.717) is 18.7 Å². The first-order valence-corrected chi connectivity index (χ1v) is 7.92.